The van der Waals surface area contributed by atoms with Crippen LogP contribution in [0.1, 0.15) is 36.6 Å². The highest BCUT2D eigenvalue weighted by atomic mass is 32.3. The van der Waals surface area contributed by atoms with Crippen LogP contribution in [0.25, 0.3) is 0 Å². The summed E-state index contributed by atoms with van der Waals surface area (Å²) in [5.41, 5.74) is 0. The fourth-order valence-corrected chi connectivity index (χ4v) is 0.794. The van der Waals surface area contributed by atoms with Gasteiger partial charge in [0.25, 0.3) is 0 Å². The van der Waals surface area contributed by atoms with E-state index in [4.69, 9.17) is 14.0 Å². The molecule has 0 aromatic heterocycles. The van der Waals surface area contributed by atoms with E-state index in [1.54, 1.807) is 7.11 Å². The third kappa shape index (κ3) is 25.8. The average Bonchev–Trinajstić information content (AvgIpc) is 2.01. The molecule has 1 unspecified atom stereocenters. The molecule has 0 aliphatic carbocycles. The minimum Gasteiger partial charge on any atom is -0.379 e. The van der Waals surface area contributed by atoms with Crippen LogP contribution in [0, 0.1) is 0 Å². The largest absolute Gasteiger partial charge is 0.397 e. The standard InChI is InChI=1S/C6H14O6S.4CH4/c1-6(10-2)5-11-3-4-12-13(7,8)9;;;;/h6H,3-5H2,1-2H3,(H,7,8,9);4*1H4. The highest BCUT2D eigenvalue weighted by Gasteiger charge is 2.04. The lowest BCUT2D eigenvalue weighted by Gasteiger charge is -2.09. The van der Waals surface area contributed by atoms with Gasteiger partial charge in [-0.05, 0) is 6.92 Å². The summed E-state index contributed by atoms with van der Waals surface area (Å²) in [6.07, 6.45) is -0.0502. The Morgan fingerprint density at radius 2 is 1.59 bits per heavy atom. The average molecular weight is 278 g/mol. The minimum atomic E-state index is -4.34. The fraction of sp³-hybridized carbons (Fsp3) is 1.00. The van der Waals surface area contributed by atoms with Crippen LogP contribution in [-0.4, -0.2) is 46.0 Å². The second kappa shape index (κ2) is 15.8. The van der Waals surface area contributed by atoms with Gasteiger partial charge in [0.2, 0.25) is 0 Å². The Morgan fingerprint density at radius 1 is 1.12 bits per heavy atom. The Labute approximate surface area is 107 Å². The first-order chi connectivity index (χ1) is 5.95. The minimum absolute atomic E-state index is 0. The van der Waals surface area contributed by atoms with E-state index in [9.17, 15) is 8.42 Å². The molecule has 0 aromatic rings. The number of rotatable bonds is 7. The number of hydrogen-bond acceptors (Lipinski definition) is 5. The second-order valence-corrected chi connectivity index (χ2v) is 3.46. The molecule has 0 saturated heterocycles. The van der Waals surface area contributed by atoms with Crippen LogP contribution in [0.4, 0.5) is 0 Å². The van der Waals surface area contributed by atoms with Gasteiger partial charge in [-0.25, -0.2) is 4.18 Å². The maximum atomic E-state index is 10.0. The Balaban J connectivity index is -0.000000120. The number of hydrogen-bond donors (Lipinski definition) is 1. The van der Waals surface area contributed by atoms with E-state index in [1.165, 1.54) is 0 Å². The Kier molecular flexibility index (Phi) is 28.0. The normalized spacial score (nSPS) is 11.0. The molecular formula is C10H30O6S. The van der Waals surface area contributed by atoms with E-state index in [2.05, 4.69) is 4.18 Å². The van der Waals surface area contributed by atoms with E-state index in [0.29, 0.717) is 6.61 Å². The lowest BCUT2D eigenvalue weighted by Crippen LogP contribution is -2.17. The van der Waals surface area contributed by atoms with Crippen LogP contribution < -0.4 is 0 Å². The molecule has 0 fully saturated rings. The van der Waals surface area contributed by atoms with Crippen LogP contribution in [0.5, 0.6) is 0 Å². The van der Waals surface area contributed by atoms with Gasteiger partial charge in [-0.15, -0.1) is 0 Å². The van der Waals surface area contributed by atoms with Crippen LogP contribution in [0.2, 0.25) is 0 Å². The van der Waals surface area contributed by atoms with E-state index in [0.717, 1.165) is 0 Å². The highest BCUT2D eigenvalue weighted by molar-refractivity contribution is 7.80. The molecule has 0 spiro atoms. The molecule has 0 radical (unpaired) electrons. The molecule has 1 N–H and O–H groups in total. The zero-order valence-corrected chi connectivity index (χ0v) is 8.41. The predicted octanol–water partition coefficient (Wildman–Crippen LogP) is 2.40. The molecular weight excluding hydrogens is 248 g/mol. The smallest absolute Gasteiger partial charge is 0.379 e. The summed E-state index contributed by atoms with van der Waals surface area (Å²) in [5, 5.41) is 0. The van der Waals surface area contributed by atoms with Gasteiger partial charge in [-0.2, -0.15) is 8.42 Å². The summed E-state index contributed by atoms with van der Waals surface area (Å²) in [4.78, 5) is 0. The molecule has 112 valence electrons. The molecule has 17 heavy (non-hydrogen) atoms. The monoisotopic (exact) mass is 278 g/mol. The molecule has 0 heterocycles. The third-order valence-corrected chi connectivity index (χ3v) is 1.68. The molecule has 7 heteroatoms. The Hall–Kier alpha value is -0.210. The highest BCUT2D eigenvalue weighted by Crippen LogP contribution is 1.90. The van der Waals surface area contributed by atoms with Gasteiger partial charge in [0.15, 0.2) is 0 Å². The first-order valence-corrected chi connectivity index (χ1v) is 5.04. The van der Waals surface area contributed by atoms with Crippen molar-refractivity contribution in [2.45, 2.75) is 42.7 Å². The van der Waals surface area contributed by atoms with Gasteiger partial charge in [0, 0.05) is 7.11 Å². The van der Waals surface area contributed by atoms with E-state index in [-0.39, 0.29) is 49.0 Å². The van der Waals surface area contributed by atoms with Gasteiger partial charge in [-0.3, -0.25) is 4.55 Å². The molecule has 0 aliphatic rings. The van der Waals surface area contributed by atoms with Crippen LogP contribution in [0.3, 0.4) is 0 Å². The maximum absolute atomic E-state index is 10.0. The summed E-state index contributed by atoms with van der Waals surface area (Å²) >= 11 is 0. The maximum Gasteiger partial charge on any atom is 0.397 e. The first kappa shape index (κ1) is 30.1. The quantitative estimate of drug-likeness (QED) is 0.569. The first-order valence-electron chi connectivity index (χ1n) is 3.68. The molecule has 0 aromatic carbocycles. The van der Waals surface area contributed by atoms with E-state index in [1.807, 2.05) is 6.92 Å². The SMILES string of the molecule is C.C.C.C.COC(C)COCCOS(=O)(=O)O. The van der Waals surface area contributed by atoms with Crippen molar-refractivity contribution in [1.29, 1.82) is 0 Å². The lowest BCUT2D eigenvalue weighted by molar-refractivity contribution is 0.00923. The number of ether oxygens (including phenoxy) is 2. The zero-order valence-electron chi connectivity index (χ0n) is 7.60. The molecule has 6 nitrogen and oxygen atoms in total. The molecule has 0 bridgehead atoms. The van der Waals surface area contributed by atoms with Crippen molar-refractivity contribution in [3.8, 4) is 0 Å². The Morgan fingerprint density at radius 3 is 1.94 bits per heavy atom. The van der Waals surface area contributed by atoms with Gasteiger partial charge < -0.3 is 9.47 Å². The van der Waals surface area contributed by atoms with Gasteiger partial charge >= 0.3 is 10.4 Å². The summed E-state index contributed by atoms with van der Waals surface area (Å²) < 4.78 is 42.0. The Bertz CT molecular complexity index is 215. The van der Waals surface area contributed by atoms with E-state index < -0.39 is 10.4 Å². The van der Waals surface area contributed by atoms with Crippen molar-refractivity contribution in [3.63, 3.8) is 0 Å². The fourth-order valence-electron chi connectivity index (χ4n) is 0.516. The van der Waals surface area contributed by atoms with Crippen molar-refractivity contribution in [3.05, 3.63) is 0 Å². The second-order valence-electron chi connectivity index (χ2n) is 2.37. The van der Waals surface area contributed by atoms with Gasteiger partial charge in [-0.1, -0.05) is 29.7 Å². The summed E-state index contributed by atoms with van der Waals surface area (Å²) in [7, 11) is -2.80. The molecule has 0 rings (SSSR count). The molecule has 1 atom stereocenters. The van der Waals surface area contributed by atoms with Crippen molar-refractivity contribution in [2.24, 2.45) is 0 Å². The topological polar surface area (TPSA) is 82.1 Å². The summed E-state index contributed by atoms with van der Waals surface area (Å²) in [5.74, 6) is 0. The van der Waals surface area contributed by atoms with Crippen LogP contribution >= 0.6 is 0 Å². The molecule has 0 amide bonds. The van der Waals surface area contributed by atoms with Crippen LogP contribution in [-0.2, 0) is 24.1 Å². The molecule has 0 aliphatic heterocycles. The van der Waals surface area contributed by atoms with Gasteiger partial charge in [0.05, 0.1) is 25.9 Å². The summed E-state index contributed by atoms with van der Waals surface area (Å²) in [6, 6.07) is 0. The van der Waals surface area contributed by atoms with Crippen molar-refractivity contribution >= 4 is 10.4 Å². The van der Waals surface area contributed by atoms with E-state index >= 15 is 0 Å². The van der Waals surface area contributed by atoms with Crippen molar-refractivity contribution in [1.82, 2.24) is 0 Å². The lowest BCUT2D eigenvalue weighted by atomic mass is 10.4. The van der Waals surface area contributed by atoms with Crippen molar-refractivity contribution in [2.75, 3.05) is 26.9 Å². The predicted molar refractivity (Wildman–Crippen MR) is 71.7 cm³/mol. The van der Waals surface area contributed by atoms with Crippen LogP contribution in [0.15, 0.2) is 0 Å². The van der Waals surface area contributed by atoms with Crippen molar-refractivity contribution < 1.29 is 26.6 Å². The van der Waals surface area contributed by atoms with Gasteiger partial charge in [0.1, 0.15) is 0 Å². The summed E-state index contributed by atoms with van der Waals surface area (Å²) in [6.45, 7) is 2.05. The third-order valence-electron chi connectivity index (χ3n) is 1.21. The molecule has 0 saturated carbocycles. The number of methoxy groups -OCH3 is 1. The zero-order chi connectivity index (χ0) is 10.3.